The fourth-order valence-corrected chi connectivity index (χ4v) is 1.49. The Kier molecular flexibility index (Phi) is 2.80. The molecule has 0 aromatic carbocycles. The van der Waals surface area contributed by atoms with Crippen LogP contribution in [0.25, 0.3) is 0 Å². The average molecular weight is 233 g/mol. The minimum absolute atomic E-state index is 0.0920. The zero-order chi connectivity index (χ0) is 8.48. The van der Waals surface area contributed by atoms with Crippen molar-refractivity contribution in [3.05, 3.63) is 0 Å². The molecule has 2 atom stereocenters. The van der Waals surface area contributed by atoms with Crippen LogP contribution in [0.3, 0.4) is 0 Å². The Morgan fingerprint density at radius 2 is 2.09 bits per heavy atom. The fourth-order valence-electron chi connectivity index (χ4n) is 1.04. The molecule has 1 aliphatic heterocycles. The summed E-state index contributed by atoms with van der Waals surface area (Å²) < 4.78 is 40.8. The first-order valence-corrected chi connectivity index (χ1v) is 4.40. The number of hydrogen-bond donors (Lipinski definition) is 0. The van der Waals surface area contributed by atoms with Gasteiger partial charge in [0.2, 0.25) is 0 Å². The predicted octanol–water partition coefficient (Wildman–Crippen LogP) is 2.35. The molecular formula is C6H8BrF3O. The van der Waals surface area contributed by atoms with Crippen LogP contribution in [0.5, 0.6) is 0 Å². The van der Waals surface area contributed by atoms with Crippen molar-refractivity contribution in [1.29, 1.82) is 0 Å². The lowest BCUT2D eigenvalue weighted by atomic mass is 10.1. The molecule has 0 bridgehead atoms. The van der Waals surface area contributed by atoms with Gasteiger partial charge in [-0.15, -0.1) is 0 Å². The minimum Gasteiger partial charge on any atom is -0.377 e. The van der Waals surface area contributed by atoms with Gasteiger partial charge in [0.15, 0.2) is 0 Å². The van der Waals surface area contributed by atoms with Crippen LogP contribution >= 0.6 is 15.9 Å². The monoisotopic (exact) mass is 232 g/mol. The van der Waals surface area contributed by atoms with E-state index in [-0.39, 0.29) is 19.1 Å². The van der Waals surface area contributed by atoms with E-state index >= 15 is 0 Å². The van der Waals surface area contributed by atoms with Crippen molar-refractivity contribution in [1.82, 2.24) is 0 Å². The molecule has 0 aromatic rings. The van der Waals surface area contributed by atoms with E-state index in [0.29, 0.717) is 5.33 Å². The Labute approximate surface area is 71.0 Å². The quantitative estimate of drug-likeness (QED) is 0.631. The Hall–Kier alpha value is 0.230. The normalized spacial score (nSPS) is 32.7. The summed E-state index contributed by atoms with van der Waals surface area (Å²) in [5.74, 6) is -1.26. The molecule has 0 aromatic heterocycles. The third kappa shape index (κ3) is 2.33. The van der Waals surface area contributed by atoms with E-state index in [2.05, 4.69) is 15.9 Å². The topological polar surface area (TPSA) is 9.23 Å². The summed E-state index contributed by atoms with van der Waals surface area (Å²) in [6, 6.07) is 0. The van der Waals surface area contributed by atoms with Gasteiger partial charge in [-0.25, -0.2) is 0 Å². The van der Waals surface area contributed by atoms with Gasteiger partial charge in [-0.2, -0.15) is 13.2 Å². The van der Waals surface area contributed by atoms with Gasteiger partial charge >= 0.3 is 6.18 Å². The van der Waals surface area contributed by atoms with E-state index in [4.69, 9.17) is 4.74 Å². The van der Waals surface area contributed by atoms with E-state index in [9.17, 15) is 13.2 Å². The first-order valence-electron chi connectivity index (χ1n) is 3.28. The number of alkyl halides is 4. The summed E-state index contributed by atoms with van der Waals surface area (Å²) in [5, 5.41) is 0.486. The number of hydrogen-bond acceptors (Lipinski definition) is 1. The van der Waals surface area contributed by atoms with Gasteiger partial charge in [-0.05, 0) is 6.42 Å². The van der Waals surface area contributed by atoms with Crippen LogP contribution < -0.4 is 0 Å². The van der Waals surface area contributed by atoms with Crippen molar-refractivity contribution < 1.29 is 17.9 Å². The molecule has 1 saturated heterocycles. The van der Waals surface area contributed by atoms with Crippen molar-refractivity contribution in [2.24, 2.45) is 5.92 Å². The second kappa shape index (κ2) is 3.31. The second-order valence-corrected chi connectivity index (χ2v) is 3.23. The molecule has 0 aliphatic carbocycles. The van der Waals surface area contributed by atoms with Crippen LogP contribution in [0.4, 0.5) is 13.2 Å². The van der Waals surface area contributed by atoms with Crippen molar-refractivity contribution in [2.75, 3.05) is 11.9 Å². The maximum absolute atomic E-state index is 12.0. The number of halogens is 4. The van der Waals surface area contributed by atoms with Gasteiger partial charge in [-0.3, -0.25) is 0 Å². The molecule has 1 heterocycles. The highest BCUT2D eigenvalue weighted by Crippen LogP contribution is 2.35. The third-order valence-electron chi connectivity index (χ3n) is 1.72. The molecule has 0 unspecified atom stereocenters. The van der Waals surface area contributed by atoms with Crippen molar-refractivity contribution in [2.45, 2.75) is 18.7 Å². The maximum atomic E-state index is 12.0. The van der Waals surface area contributed by atoms with Crippen LogP contribution in [0, 0.1) is 5.92 Å². The predicted molar refractivity (Wildman–Crippen MR) is 37.7 cm³/mol. The summed E-state index contributed by atoms with van der Waals surface area (Å²) in [6.45, 7) is -0.181. The van der Waals surface area contributed by atoms with Gasteiger partial charge < -0.3 is 4.74 Å². The zero-order valence-corrected chi connectivity index (χ0v) is 7.28. The largest absolute Gasteiger partial charge is 0.394 e. The molecule has 0 N–H and O–H groups in total. The lowest BCUT2D eigenvalue weighted by Crippen LogP contribution is -2.23. The average Bonchev–Trinajstić information content (AvgIpc) is 2.32. The summed E-state index contributed by atoms with van der Waals surface area (Å²) in [7, 11) is 0. The first-order chi connectivity index (χ1) is 5.04. The SMILES string of the molecule is FC(F)(F)[C@@H]1CO[C@H](CBr)C1. The zero-order valence-electron chi connectivity index (χ0n) is 5.70. The summed E-state index contributed by atoms with van der Waals surface area (Å²) >= 11 is 3.08. The van der Waals surface area contributed by atoms with Crippen LogP contribution in [0.1, 0.15) is 6.42 Å². The van der Waals surface area contributed by atoms with E-state index < -0.39 is 12.1 Å². The van der Waals surface area contributed by atoms with Crippen LogP contribution in [0.15, 0.2) is 0 Å². The molecule has 1 fully saturated rings. The van der Waals surface area contributed by atoms with Crippen molar-refractivity contribution >= 4 is 15.9 Å². The molecular weight excluding hydrogens is 225 g/mol. The molecule has 11 heavy (non-hydrogen) atoms. The van der Waals surface area contributed by atoms with E-state index in [0.717, 1.165) is 0 Å². The second-order valence-electron chi connectivity index (χ2n) is 2.58. The summed E-state index contributed by atoms with van der Waals surface area (Å²) in [5.41, 5.74) is 0. The Morgan fingerprint density at radius 1 is 1.45 bits per heavy atom. The molecule has 66 valence electrons. The molecule has 0 saturated carbocycles. The lowest BCUT2D eigenvalue weighted by Gasteiger charge is -2.11. The van der Waals surface area contributed by atoms with Gasteiger partial charge in [0.05, 0.1) is 18.6 Å². The first kappa shape index (κ1) is 9.32. The summed E-state index contributed by atoms with van der Waals surface area (Å²) in [4.78, 5) is 0. The molecule has 1 aliphatic rings. The van der Waals surface area contributed by atoms with Gasteiger partial charge in [0.1, 0.15) is 0 Å². The van der Waals surface area contributed by atoms with Crippen LogP contribution in [-0.4, -0.2) is 24.2 Å². The smallest absolute Gasteiger partial charge is 0.377 e. The standard InChI is InChI=1S/C6H8BrF3O/c7-2-5-1-4(3-11-5)6(8,9)10/h4-5H,1-3H2/t4-,5-/m0/s1. The van der Waals surface area contributed by atoms with Gasteiger partial charge in [-0.1, -0.05) is 15.9 Å². The minimum atomic E-state index is -4.09. The van der Waals surface area contributed by atoms with E-state index in [1.807, 2.05) is 0 Å². The molecule has 0 amide bonds. The van der Waals surface area contributed by atoms with Crippen LogP contribution in [-0.2, 0) is 4.74 Å². The van der Waals surface area contributed by atoms with E-state index in [1.54, 1.807) is 0 Å². The Morgan fingerprint density at radius 3 is 2.36 bits per heavy atom. The number of rotatable bonds is 1. The van der Waals surface area contributed by atoms with E-state index in [1.165, 1.54) is 0 Å². The maximum Gasteiger partial charge on any atom is 0.394 e. The molecule has 0 radical (unpaired) electrons. The van der Waals surface area contributed by atoms with Crippen molar-refractivity contribution in [3.63, 3.8) is 0 Å². The number of ether oxygens (including phenoxy) is 1. The van der Waals surface area contributed by atoms with Crippen LogP contribution in [0.2, 0.25) is 0 Å². The molecule has 1 rings (SSSR count). The molecule has 1 nitrogen and oxygen atoms in total. The Bertz CT molecular complexity index is 136. The highest BCUT2D eigenvalue weighted by atomic mass is 79.9. The third-order valence-corrected chi connectivity index (χ3v) is 2.44. The highest BCUT2D eigenvalue weighted by molar-refractivity contribution is 9.09. The van der Waals surface area contributed by atoms with Gasteiger partial charge in [0, 0.05) is 5.33 Å². The lowest BCUT2D eigenvalue weighted by molar-refractivity contribution is -0.173. The summed E-state index contributed by atoms with van der Waals surface area (Å²) in [6.07, 6.45) is -4.26. The Balaban J connectivity index is 2.42. The molecule has 5 heteroatoms. The highest BCUT2D eigenvalue weighted by Gasteiger charge is 2.44. The molecule has 0 spiro atoms. The van der Waals surface area contributed by atoms with Crippen molar-refractivity contribution in [3.8, 4) is 0 Å². The van der Waals surface area contributed by atoms with Gasteiger partial charge in [0.25, 0.3) is 0 Å². The fraction of sp³-hybridized carbons (Fsp3) is 1.00.